The highest BCUT2D eigenvalue weighted by atomic mass is 35.5. The van der Waals surface area contributed by atoms with Crippen molar-refractivity contribution < 1.29 is 23.9 Å². The minimum Gasteiger partial charge on any atom is -0.465 e. The quantitative estimate of drug-likeness (QED) is 0.542. The van der Waals surface area contributed by atoms with Crippen LogP contribution in [0.15, 0.2) is 53.3 Å². The Morgan fingerprint density at radius 2 is 1.63 bits per heavy atom. The number of nitrogens with zero attached hydrogens (tertiary/aromatic N) is 1. The molecule has 0 N–H and O–H groups in total. The molecule has 0 aromatic heterocycles. The van der Waals surface area contributed by atoms with Crippen LogP contribution in [0.5, 0.6) is 5.75 Å². The van der Waals surface area contributed by atoms with Crippen LogP contribution in [0, 0.1) is 0 Å². The van der Waals surface area contributed by atoms with Gasteiger partial charge in [-0.1, -0.05) is 34.8 Å². The zero-order valence-electron chi connectivity index (χ0n) is 13.7. The molecule has 0 unspecified atom stereocenters. The Kier molecular flexibility index (Phi) is 5.41. The summed E-state index contributed by atoms with van der Waals surface area (Å²) in [6.45, 7) is 0. The molecule has 0 spiro atoms. The largest absolute Gasteiger partial charge is 0.465 e. The fourth-order valence-electron chi connectivity index (χ4n) is 2.35. The number of anilines is 1. The number of carbonyl (C=O) groups excluding carboxylic acids is 3. The standard InChI is InChI=1S/C18H10Cl3NO5/c1-26-18(25)9-2-5-11(6-3-9)27-15-14(21)16(23)22(17(15)24)13-7-4-10(19)8-12(13)20/h2-8H,1H3. The minimum absolute atomic E-state index is 0.109. The molecule has 0 saturated carbocycles. The normalized spacial score (nSPS) is 14.0. The number of esters is 1. The number of rotatable bonds is 4. The highest BCUT2D eigenvalue weighted by molar-refractivity contribution is 6.53. The second kappa shape index (κ2) is 7.60. The molecular formula is C18H10Cl3NO5. The molecule has 1 aliphatic heterocycles. The molecule has 3 rings (SSSR count). The molecular weight excluding hydrogens is 417 g/mol. The van der Waals surface area contributed by atoms with E-state index in [1.165, 1.54) is 49.6 Å². The van der Waals surface area contributed by atoms with Gasteiger partial charge in [-0.3, -0.25) is 9.59 Å². The van der Waals surface area contributed by atoms with Crippen molar-refractivity contribution in [3.05, 3.63) is 68.9 Å². The van der Waals surface area contributed by atoms with Crippen LogP contribution in [0.1, 0.15) is 10.4 Å². The molecule has 0 fully saturated rings. The summed E-state index contributed by atoms with van der Waals surface area (Å²) in [6, 6.07) is 10.1. The van der Waals surface area contributed by atoms with Crippen molar-refractivity contribution in [1.82, 2.24) is 0 Å². The van der Waals surface area contributed by atoms with E-state index >= 15 is 0 Å². The highest BCUT2D eigenvalue weighted by Gasteiger charge is 2.41. The maximum atomic E-state index is 12.7. The van der Waals surface area contributed by atoms with Crippen LogP contribution < -0.4 is 9.64 Å². The summed E-state index contributed by atoms with van der Waals surface area (Å²) < 4.78 is 10.1. The van der Waals surface area contributed by atoms with Gasteiger partial charge in [0, 0.05) is 5.02 Å². The van der Waals surface area contributed by atoms with E-state index in [1.54, 1.807) is 0 Å². The number of hydrogen-bond donors (Lipinski definition) is 0. The van der Waals surface area contributed by atoms with E-state index in [-0.39, 0.29) is 27.3 Å². The second-order valence-corrected chi connectivity index (χ2v) is 6.52. The molecule has 0 bridgehead atoms. The lowest BCUT2D eigenvalue weighted by Crippen LogP contribution is -2.32. The fraction of sp³-hybridized carbons (Fsp3) is 0.0556. The Hall–Kier alpha value is -2.54. The number of carbonyl (C=O) groups is 3. The van der Waals surface area contributed by atoms with Crippen LogP contribution in [0.2, 0.25) is 10.0 Å². The first-order valence-electron chi connectivity index (χ1n) is 7.43. The predicted molar refractivity (Wildman–Crippen MR) is 100 cm³/mol. The molecule has 0 radical (unpaired) electrons. The van der Waals surface area contributed by atoms with Crippen LogP contribution in [-0.2, 0) is 14.3 Å². The van der Waals surface area contributed by atoms with Gasteiger partial charge in [-0.2, -0.15) is 0 Å². The lowest BCUT2D eigenvalue weighted by molar-refractivity contribution is -0.121. The highest BCUT2D eigenvalue weighted by Crippen LogP contribution is 2.36. The van der Waals surface area contributed by atoms with Crippen LogP contribution in [-0.4, -0.2) is 24.9 Å². The first-order valence-corrected chi connectivity index (χ1v) is 8.56. The molecule has 2 amide bonds. The van der Waals surface area contributed by atoms with Gasteiger partial charge in [-0.15, -0.1) is 0 Å². The summed E-state index contributed by atoms with van der Waals surface area (Å²) >= 11 is 17.9. The average Bonchev–Trinajstić information content (AvgIpc) is 2.86. The summed E-state index contributed by atoms with van der Waals surface area (Å²) in [4.78, 5) is 37.3. The Labute approximate surface area is 168 Å². The molecule has 9 heteroatoms. The van der Waals surface area contributed by atoms with Crippen molar-refractivity contribution in [2.75, 3.05) is 12.0 Å². The molecule has 1 aliphatic rings. The zero-order valence-corrected chi connectivity index (χ0v) is 15.9. The van der Waals surface area contributed by atoms with E-state index < -0.39 is 17.8 Å². The summed E-state index contributed by atoms with van der Waals surface area (Å²) in [6.07, 6.45) is 0. The summed E-state index contributed by atoms with van der Waals surface area (Å²) in [7, 11) is 1.26. The number of ether oxygens (including phenoxy) is 2. The lowest BCUT2D eigenvalue weighted by Gasteiger charge is -2.16. The molecule has 138 valence electrons. The van der Waals surface area contributed by atoms with Crippen LogP contribution >= 0.6 is 34.8 Å². The third kappa shape index (κ3) is 3.64. The SMILES string of the molecule is COC(=O)c1ccc(OC2=C(Cl)C(=O)N(c3ccc(Cl)cc3Cl)C2=O)cc1. The Morgan fingerprint density at radius 3 is 2.22 bits per heavy atom. The van der Waals surface area contributed by atoms with Gasteiger partial charge in [0.15, 0.2) is 5.03 Å². The number of hydrogen-bond acceptors (Lipinski definition) is 5. The molecule has 6 nitrogen and oxygen atoms in total. The van der Waals surface area contributed by atoms with Gasteiger partial charge in [0.05, 0.1) is 23.4 Å². The summed E-state index contributed by atoms with van der Waals surface area (Å²) in [5, 5.41) is 0.0736. The summed E-state index contributed by atoms with van der Waals surface area (Å²) in [5.74, 6) is -2.20. The molecule has 1 heterocycles. The fourth-order valence-corrected chi connectivity index (χ4v) is 3.04. The number of halogens is 3. The Balaban J connectivity index is 1.87. The van der Waals surface area contributed by atoms with Crippen LogP contribution in [0.4, 0.5) is 5.69 Å². The van der Waals surface area contributed by atoms with Gasteiger partial charge < -0.3 is 9.47 Å². The number of imide groups is 1. The monoisotopic (exact) mass is 425 g/mol. The first kappa shape index (κ1) is 19.2. The number of amides is 2. The average molecular weight is 427 g/mol. The first-order chi connectivity index (χ1) is 12.8. The van der Waals surface area contributed by atoms with Crippen molar-refractivity contribution in [2.24, 2.45) is 0 Å². The van der Waals surface area contributed by atoms with E-state index in [1.807, 2.05) is 0 Å². The maximum Gasteiger partial charge on any atom is 0.337 e. The van der Waals surface area contributed by atoms with Gasteiger partial charge in [0.1, 0.15) is 5.75 Å². The van der Waals surface area contributed by atoms with Crippen molar-refractivity contribution in [1.29, 1.82) is 0 Å². The van der Waals surface area contributed by atoms with Gasteiger partial charge in [0.25, 0.3) is 5.91 Å². The maximum absolute atomic E-state index is 12.7. The van der Waals surface area contributed by atoms with E-state index in [0.29, 0.717) is 10.6 Å². The third-order valence-electron chi connectivity index (χ3n) is 3.63. The minimum atomic E-state index is -0.772. The zero-order chi connectivity index (χ0) is 19.7. The Bertz CT molecular complexity index is 985. The van der Waals surface area contributed by atoms with E-state index in [2.05, 4.69) is 4.74 Å². The van der Waals surface area contributed by atoms with Crippen LogP contribution in [0.25, 0.3) is 0 Å². The van der Waals surface area contributed by atoms with E-state index in [0.717, 1.165) is 4.90 Å². The van der Waals surface area contributed by atoms with Gasteiger partial charge >= 0.3 is 11.9 Å². The third-order valence-corrected chi connectivity index (χ3v) is 4.50. The van der Waals surface area contributed by atoms with Crippen LogP contribution in [0.3, 0.4) is 0 Å². The molecule has 0 aliphatic carbocycles. The lowest BCUT2D eigenvalue weighted by atomic mass is 10.2. The predicted octanol–water partition coefficient (Wildman–Crippen LogP) is 4.18. The number of benzene rings is 2. The van der Waals surface area contributed by atoms with Gasteiger partial charge in [-0.05, 0) is 42.5 Å². The topological polar surface area (TPSA) is 72.9 Å². The van der Waals surface area contributed by atoms with Gasteiger partial charge in [0.2, 0.25) is 5.76 Å². The molecule has 2 aromatic carbocycles. The van der Waals surface area contributed by atoms with E-state index in [9.17, 15) is 14.4 Å². The smallest absolute Gasteiger partial charge is 0.337 e. The second-order valence-electron chi connectivity index (χ2n) is 5.30. The van der Waals surface area contributed by atoms with E-state index in [4.69, 9.17) is 39.5 Å². The van der Waals surface area contributed by atoms with Crippen molar-refractivity contribution >= 4 is 58.3 Å². The Morgan fingerprint density at radius 1 is 0.963 bits per heavy atom. The van der Waals surface area contributed by atoms with Crippen molar-refractivity contribution in [2.45, 2.75) is 0 Å². The molecule has 0 atom stereocenters. The molecule has 0 saturated heterocycles. The van der Waals surface area contributed by atoms with Gasteiger partial charge in [-0.25, -0.2) is 9.69 Å². The molecule has 2 aromatic rings. The number of methoxy groups -OCH3 is 1. The molecule has 27 heavy (non-hydrogen) atoms. The summed E-state index contributed by atoms with van der Waals surface area (Å²) in [5.41, 5.74) is 0.433. The van der Waals surface area contributed by atoms with Crippen molar-refractivity contribution in [3.63, 3.8) is 0 Å². The van der Waals surface area contributed by atoms with Crippen molar-refractivity contribution in [3.8, 4) is 5.75 Å².